The van der Waals surface area contributed by atoms with Gasteiger partial charge in [0.2, 0.25) is 0 Å². The van der Waals surface area contributed by atoms with Crippen LogP contribution in [0, 0.1) is 17.0 Å². The van der Waals surface area contributed by atoms with Crippen LogP contribution in [0.2, 0.25) is 0 Å². The molecule has 1 N–H and O–H groups in total. The number of nitro benzene ring substituents is 1. The minimum absolute atomic E-state index is 0.134. The molecule has 0 spiro atoms. The molecule has 0 aliphatic carbocycles. The highest BCUT2D eigenvalue weighted by Crippen LogP contribution is 2.30. The van der Waals surface area contributed by atoms with E-state index in [9.17, 15) is 10.1 Å². The van der Waals surface area contributed by atoms with E-state index in [1.54, 1.807) is 13.0 Å². The van der Waals surface area contributed by atoms with Gasteiger partial charge in [0.05, 0.1) is 4.92 Å². The van der Waals surface area contributed by atoms with Crippen LogP contribution in [-0.2, 0) is 0 Å². The van der Waals surface area contributed by atoms with Crippen molar-refractivity contribution in [3.8, 4) is 0 Å². The van der Waals surface area contributed by atoms with Crippen molar-refractivity contribution in [3.63, 3.8) is 0 Å². The lowest BCUT2D eigenvalue weighted by molar-refractivity contribution is -0.385. The summed E-state index contributed by atoms with van der Waals surface area (Å²) in [4.78, 5) is 12.4. The summed E-state index contributed by atoms with van der Waals surface area (Å²) in [6.45, 7) is 3.44. The number of halogens is 1. The van der Waals surface area contributed by atoms with E-state index in [0.29, 0.717) is 10.0 Å². The number of benzene rings is 1. The van der Waals surface area contributed by atoms with Crippen molar-refractivity contribution in [2.45, 2.75) is 6.92 Å². The van der Waals surface area contributed by atoms with Gasteiger partial charge in [-0.25, -0.2) is 0 Å². The Bertz CT molecular complexity index is 421. The molecule has 6 heteroatoms. The standard InChI is InChI=1S/C11H16BrN3O2/c1-8-6-10(13-4-5-14(2)3)9(12)7-11(8)15(16)17/h6-7,13H,4-5H2,1-3H3. The van der Waals surface area contributed by atoms with Gasteiger partial charge in [0.25, 0.3) is 5.69 Å². The predicted octanol–water partition coefficient (Wildman–Crippen LogP) is 2.64. The van der Waals surface area contributed by atoms with E-state index >= 15 is 0 Å². The fourth-order valence-electron chi connectivity index (χ4n) is 1.42. The Hall–Kier alpha value is -1.14. The molecule has 0 saturated heterocycles. The van der Waals surface area contributed by atoms with Crippen LogP contribution in [0.3, 0.4) is 0 Å². The second-order valence-corrected chi connectivity index (χ2v) is 4.96. The molecule has 0 heterocycles. The van der Waals surface area contributed by atoms with Gasteiger partial charge in [-0.05, 0) is 43.0 Å². The van der Waals surface area contributed by atoms with Crippen molar-refractivity contribution < 1.29 is 4.92 Å². The maximum Gasteiger partial charge on any atom is 0.273 e. The quantitative estimate of drug-likeness (QED) is 0.671. The van der Waals surface area contributed by atoms with E-state index in [1.165, 1.54) is 6.07 Å². The number of rotatable bonds is 5. The maximum absolute atomic E-state index is 10.7. The molecule has 0 aliphatic heterocycles. The average molecular weight is 302 g/mol. The summed E-state index contributed by atoms with van der Waals surface area (Å²) < 4.78 is 0.716. The predicted molar refractivity (Wildman–Crippen MR) is 72.6 cm³/mol. The highest BCUT2D eigenvalue weighted by molar-refractivity contribution is 9.10. The summed E-state index contributed by atoms with van der Waals surface area (Å²) in [5.41, 5.74) is 1.68. The van der Waals surface area contributed by atoms with Crippen LogP contribution in [0.25, 0.3) is 0 Å². The molecular weight excluding hydrogens is 286 g/mol. The number of aryl methyl sites for hydroxylation is 1. The van der Waals surface area contributed by atoms with Crippen molar-refractivity contribution in [1.82, 2.24) is 4.90 Å². The molecule has 0 atom stereocenters. The van der Waals surface area contributed by atoms with Crippen LogP contribution in [0.5, 0.6) is 0 Å². The molecule has 0 radical (unpaired) electrons. The lowest BCUT2D eigenvalue weighted by Gasteiger charge is -2.13. The van der Waals surface area contributed by atoms with E-state index < -0.39 is 0 Å². The van der Waals surface area contributed by atoms with Crippen molar-refractivity contribution in [3.05, 3.63) is 32.3 Å². The Morgan fingerprint density at radius 2 is 2.12 bits per heavy atom. The van der Waals surface area contributed by atoms with Gasteiger partial charge in [-0.1, -0.05) is 0 Å². The number of likely N-dealkylation sites (N-methyl/N-ethyl adjacent to an activating group) is 1. The Balaban J connectivity index is 2.81. The molecule has 0 fully saturated rings. The van der Waals surface area contributed by atoms with E-state index in [4.69, 9.17) is 0 Å². The Morgan fingerprint density at radius 1 is 1.47 bits per heavy atom. The first-order valence-electron chi connectivity index (χ1n) is 5.25. The number of anilines is 1. The zero-order valence-electron chi connectivity index (χ0n) is 10.2. The third-order valence-corrected chi connectivity index (χ3v) is 3.01. The Labute approximate surface area is 109 Å². The zero-order valence-corrected chi connectivity index (χ0v) is 11.7. The SMILES string of the molecule is Cc1cc(NCCN(C)C)c(Br)cc1[N+](=O)[O-]. The van der Waals surface area contributed by atoms with Gasteiger partial charge in [0, 0.05) is 34.9 Å². The van der Waals surface area contributed by atoms with Crippen molar-refractivity contribution in [2.24, 2.45) is 0 Å². The van der Waals surface area contributed by atoms with Gasteiger partial charge >= 0.3 is 0 Å². The summed E-state index contributed by atoms with van der Waals surface area (Å²) in [7, 11) is 4.00. The normalized spacial score (nSPS) is 10.6. The molecule has 0 aromatic heterocycles. The third kappa shape index (κ3) is 3.98. The Morgan fingerprint density at radius 3 is 2.65 bits per heavy atom. The van der Waals surface area contributed by atoms with Gasteiger partial charge in [-0.15, -0.1) is 0 Å². The van der Waals surface area contributed by atoms with Crippen molar-refractivity contribution in [2.75, 3.05) is 32.5 Å². The first kappa shape index (κ1) is 13.9. The molecule has 0 aliphatic rings. The number of nitro groups is 1. The monoisotopic (exact) mass is 301 g/mol. The van der Waals surface area contributed by atoms with E-state index in [1.807, 2.05) is 14.1 Å². The molecule has 0 unspecified atom stereocenters. The molecule has 0 saturated carbocycles. The number of hydrogen-bond acceptors (Lipinski definition) is 4. The first-order valence-corrected chi connectivity index (χ1v) is 6.04. The van der Waals surface area contributed by atoms with E-state index in [2.05, 4.69) is 26.1 Å². The summed E-state index contributed by atoms with van der Waals surface area (Å²) >= 11 is 3.34. The summed E-state index contributed by atoms with van der Waals surface area (Å²) in [6.07, 6.45) is 0. The second kappa shape index (κ2) is 5.97. The fraction of sp³-hybridized carbons (Fsp3) is 0.455. The van der Waals surface area contributed by atoms with E-state index in [-0.39, 0.29) is 10.6 Å². The molecule has 0 bridgehead atoms. The van der Waals surface area contributed by atoms with Crippen molar-refractivity contribution >= 4 is 27.3 Å². The first-order chi connectivity index (χ1) is 7.91. The summed E-state index contributed by atoms with van der Waals surface area (Å²) in [6, 6.07) is 3.32. The van der Waals surface area contributed by atoms with Gasteiger partial charge in [0.15, 0.2) is 0 Å². The molecule has 17 heavy (non-hydrogen) atoms. The maximum atomic E-state index is 10.7. The van der Waals surface area contributed by atoms with Crippen LogP contribution in [0.15, 0.2) is 16.6 Å². The number of nitrogens with zero attached hydrogens (tertiary/aromatic N) is 2. The molecule has 94 valence electrons. The summed E-state index contributed by atoms with van der Waals surface area (Å²) in [5.74, 6) is 0. The third-order valence-electron chi connectivity index (χ3n) is 2.36. The van der Waals surface area contributed by atoms with Crippen LogP contribution < -0.4 is 5.32 Å². The van der Waals surface area contributed by atoms with Crippen LogP contribution in [0.4, 0.5) is 11.4 Å². The summed E-state index contributed by atoms with van der Waals surface area (Å²) in [5, 5.41) is 14.0. The number of hydrogen-bond donors (Lipinski definition) is 1. The van der Waals surface area contributed by atoms with Crippen LogP contribution in [-0.4, -0.2) is 37.0 Å². The van der Waals surface area contributed by atoms with Gasteiger partial charge in [-0.3, -0.25) is 10.1 Å². The molecular formula is C11H16BrN3O2. The van der Waals surface area contributed by atoms with Crippen molar-refractivity contribution in [1.29, 1.82) is 0 Å². The van der Waals surface area contributed by atoms with E-state index in [0.717, 1.165) is 18.8 Å². The van der Waals surface area contributed by atoms with Gasteiger partial charge in [-0.2, -0.15) is 0 Å². The topological polar surface area (TPSA) is 58.4 Å². The van der Waals surface area contributed by atoms with Gasteiger partial charge < -0.3 is 10.2 Å². The lowest BCUT2D eigenvalue weighted by atomic mass is 10.2. The van der Waals surface area contributed by atoms with Crippen LogP contribution >= 0.6 is 15.9 Å². The molecule has 0 amide bonds. The molecule has 1 aromatic carbocycles. The largest absolute Gasteiger partial charge is 0.383 e. The average Bonchev–Trinajstić information content (AvgIpc) is 2.21. The molecule has 1 aromatic rings. The Kier molecular flexibility index (Phi) is 4.89. The second-order valence-electron chi connectivity index (χ2n) is 4.11. The number of nitrogens with one attached hydrogen (secondary N) is 1. The zero-order chi connectivity index (χ0) is 13.0. The highest BCUT2D eigenvalue weighted by Gasteiger charge is 2.13. The minimum atomic E-state index is -0.371. The highest BCUT2D eigenvalue weighted by atomic mass is 79.9. The molecule has 1 rings (SSSR count). The van der Waals surface area contributed by atoms with Gasteiger partial charge in [0.1, 0.15) is 0 Å². The lowest BCUT2D eigenvalue weighted by Crippen LogP contribution is -2.20. The minimum Gasteiger partial charge on any atom is -0.383 e. The smallest absolute Gasteiger partial charge is 0.273 e. The van der Waals surface area contributed by atoms with Crippen LogP contribution in [0.1, 0.15) is 5.56 Å². The molecule has 5 nitrogen and oxygen atoms in total. The fourth-order valence-corrected chi connectivity index (χ4v) is 1.89.